The summed E-state index contributed by atoms with van der Waals surface area (Å²) >= 11 is 0. The van der Waals surface area contributed by atoms with Crippen LogP contribution in [0.4, 0.5) is 0 Å². The summed E-state index contributed by atoms with van der Waals surface area (Å²) in [5.74, 6) is -2.32. The number of carbonyl (C=O) groups is 2. The zero-order chi connectivity index (χ0) is 18.7. The molecule has 0 unspecified atom stereocenters. The summed E-state index contributed by atoms with van der Waals surface area (Å²) in [5.41, 5.74) is -0.0671. The molecule has 8 heteroatoms. The molecule has 0 radical (unpaired) electrons. The maximum Gasteiger partial charge on any atom is 0.339 e. The van der Waals surface area contributed by atoms with Gasteiger partial charge in [-0.3, -0.25) is 0 Å². The van der Waals surface area contributed by atoms with Crippen LogP contribution in [0.2, 0.25) is 0 Å². The predicted molar refractivity (Wildman–Crippen MR) is 84.2 cm³/mol. The summed E-state index contributed by atoms with van der Waals surface area (Å²) < 4.78 is 0. The molecular weight excluding hydrogens is 320 g/mol. The molecule has 2 rings (SSSR count). The third kappa shape index (κ3) is 8.90. The number of hydrogen-bond donors (Lipinski definition) is 6. The van der Waals surface area contributed by atoms with Gasteiger partial charge in [0.25, 0.3) is 0 Å². The summed E-state index contributed by atoms with van der Waals surface area (Å²) in [6, 6.07) is 11.7. The Bertz CT molecular complexity index is 649. The molecule has 2 aromatic carbocycles. The highest BCUT2D eigenvalue weighted by atomic mass is 16.4. The summed E-state index contributed by atoms with van der Waals surface area (Å²) in [5, 5.41) is 50.4. The lowest BCUT2D eigenvalue weighted by atomic mass is 10.2. The van der Waals surface area contributed by atoms with Crippen LogP contribution in [0, 0.1) is 0 Å². The van der Waals surface area contributed by atoms with Gasteiger partial charge < -0.3 is 30.6 Å². The molecule has 0 heterocycles. The van der Waals surface area contributed by atoms with E-state index in [2.05, 4.69) is 0 Å². The van der Waals surface area contributed by atoms with Gasteiger partial charge in [0.1, 0.15) is 28.9 Å². The number of carboxylic acids is 2. The highest BCUT2D eigenvalue weighted by Crippen LogP contribution is 2.15. The Labute approximate surface area is 137 Å². The van der Waals surface area contributed by atoms with Crippen molar-refractivity contribution in [3.05, 3.63) is 54.1 Å². The van der Waals surface area contributed by atoms with Crippen LogP contribution < -0.4 is 0 Å². The number of aromatic carboxylic acids is 1. The van der Waals surface area contributed by atoms with E-state index < -0.39 is 18.0 Å². The number of hydrogen-bond acceptors (Lipinski definition) is 6. The van der Waals surface area contributed by atoms with Gasteiger partial charge in [0, 0.05) is 6.07 Å². The second-order valence-corrected chi connectivity index (χ2v) is 4.36. The molecule has 0 amide bonds. The number of aliphatic hydroxyl groups is 1. The first-order chi connectivity index (χ1) is 11.1. The molecule has 0 bridgehead atoms. The van der Waals surface area contributed by atoms with E-state index in [1.54, 1.807) is 18.2 Å². The number of phenolic OH excluding ortho intramolecular Hbond substituents is 2. The van der Waals surface area contributed by atoms with Crippen LogP contribution in [0.3, 0.4) is 0 Å². The average molecular weight is 338 g/mol. The van der Waals surface area contributed by atoms with Gasteiger partial charge in [-0.2, -0.15) is 0 Å². The summed E-state index contributed by atoms with van der Waals surface area (Å²) in [4.78, 5) is 19.7. The molecule has 1 atom stereocenters. The Balaban J connectivity index is 0.000000343. The van der Waals surface area contributed by atoms with Gasteiger partial charge in [0.05, 0.1) is 0 Å². The lowest BCUT2D eigenvalue weighted by Crippen LogP contribution is -2.13. The number of carboxylic acid groups (broad SMARTS) is 2. The van der Waals surface area contributed by atoms with Crippen molar-refractivity contribution in [3.8, 4) is 17.2 Å². The molecule has 0 saturated carbocycles. The van der Waals surface area contributed by atoms with Crippen molar-refractivity contribution in [2.45, 2.75) is 13.0 Å². The molecule has 8 nitrogen and oxygen atoms in total. The Morgan fingerprint density at radius 2 is 1.33 bits per heavy atom. The predicted octanol–water partition coefficient (Wildman–Crippen LogP) is 1.64. The Hall–Kier alpha value is -3.26. The van der Waals surface area contributed by atoms with Crippen molar-refractivity contribution in [2.75, 3.05) is 0 Å². The zero-order valence-corrected chi connectivity index (χ0v) is 12.7. The van der Waals surface area contributed by atoms with Crippen molar-refractivity contribution < 1.29 is 40.2 Å². The molecule has 0 aliphatic heterocycles. The van der Waals surface area contributed by atoms with Crippen LogP contribution in [0.1, 0.15) is 17.3 Å². The SMILES string of the molecule is C[C@H](O)C(=O)O.O=C(O)c1ccccc1O.Oc1cccc(O)c1. The van der Waals surface area contributed by atoms with E-state index in [0.717, 1.165) is 0 Å². The van der Waals surface area contributed by atoms with E-state index in [9.17, 15) is 9.59 Å². The topological polar surface area (TPSA) is 156 Å². The number of para-hydroxylation sites is 1. The number of aliphatic carboxylic acids is 1. The average Bonchev–Trinajstić information content (AvgIpc) is 2.48. The molecule has 6 N–H and O–H groups in total. The lowest BCUT2D eigenvalue weighted by Gasteiger charge is -1.95. The van der Waals surface area contributed by atoms with E-state index in [1.807, 2.05) is 0 Å². The summed E-state index contributed by atoms with van der Waals surface area (Å²) in [6.45, 7) is 1.20. The summed E-state index contributed by atoms with van der Waals surface area (Å²) in [7, 11) is 0. The van der Waals surface area contributed by atoms with Crippen molar-refractivity contribution in [1.82, 2.24) is 0 Å². The Kier molecular flexibility index (Phi) is 9.04. The minimum atomic E-state index is -1.23. The minimum absolute atomic E-state index is 0.0671. The normalized spacial score (nSPS) is 10.2. The third-order valence-corrected chi connectivity index (χ3v) is 2.32. The molecule has 0 fully saturated rings. The van der Waals surface area contributed by atoms with Crippen LogP contribution in [0.15, 0.2) is 48.5 Å². The van der Waals surface area contributed by atoms with Gasteiger partial charge in [0.15, 0.2) is 0 Å². The van der Waals surface area contributed by atoms with Crippen LogP contribution >= 0.6 is 0 Å². The van der Waals surface area contributed by atoms with E-state index in [-0.39, 0.29) is 22.8 Å². The van der Waals surface area contributed by atoms with Crippen molar-refractivity contribution >= 4 is 11.9 Å². The quantitative estimate of drug-likeness (QED) is 0.482. The second-order valence-electron chi connectivity index (χ2n) is 4.36. The van der Waals surface area contributed by atoms with E-state index >= 15 is 0 Å². The fourth-order valence-corrected chi connectivity index (χ4v) is 1.15. The minimum Gasteiger partial charge on any atom is -0.508 e. The first kappa shape index (κ1) is 20.7. The molecular formula is C16H18O8. The molecule has 0 aliphatic carbocycles. The molecule has 24 heavy (non-hydrogen) atoms. The first-order valence-electron chi connectivity index (χ1n) is 6.55. The lowest BCUT2D eigenvalue weighted by molar-refractivity contribution is -0.145. The van der Waals surface area contributed by atoms with Crippen LogP contribution in [0.5, 0.6) is 17.2 Å². The molecule has 130 valence electrons. The van der Waals surface area contributed by atoms with E-state index in [0.29, 0.717) is 0 Å². The molecule has 0 aliphatic rings. The largest absolute Gasteiger partial charge is 0.508 e. The highest BCUT2D eigenvalue weighted by molar-refractivity contribution is 5.90. The zero-order valence-electron chi connectivity index (χ0n) is 12.7. The van der Waals surface area contributed by atoms with Gasteiger partial charge in [-0.1, -0.05) is 18.2 Å². The number of aliphatic hydroxyl groups excluding tert-OH is 1. The maximum absolute atomic E-state index is 10.3. The Morgan fingerprint density at radius 1 is 0.875 bits per heavy atom. The number of rotatable bonds is 2. The summed E-state index contributed by atoms with van der Waals surface area (Å²) in [6.07, 6.45) is -1.23. The van der Waals surface area contributed by atoms with Crippen molar-refractivity contribution in [3.63, 3.8) is 0 Å². The van der Waals surface area contributed by atoms with Crippen molar-refractivity contribution in [2.24, 2.45) is 0 Å². The van der Waals surface area contributed by atoms with Gasteiger partial charge in [-0.15, -0.1) is 0 Å². The monoisotopic (exact) mass is 338 g/mol. The van der Waals surface area contributed by atoms with Crippen LogP contribution in [-0.2, 0) is 4.79 Å². The fourth-order valence-electron chi connectivity index (χ4n) is 1.15. The van der Waals surface area contributed by atoms with Crippen LogP contribution in [0.25, 0.3) is 0 Å². The smallest absolute Gasteiger partial charge is 0.339 e. The fraction of sp³-hybridized carbons (Fsp3) is 0.125. The van der Waals surface area contributed by atoms with Gasteiger partial charge in [0.2, 0.25) is 0 Å². The van der Waals surface area contributed by atoms with Gasteiger partial charge in [-0.25, -0.2) is 9.59 Å². The van der Waals surface area contributed by atoms with E-state index in [4.69, 9.17) is 30.6 Å². The first-order valence-corrected chi connectivity index (χ1v) is 6.55. The van der Waals surface area contributed by atoms with E-state index in [1.165, 1.54) is 37.3 Å². The molecule has 2 aromatic rings. The number of aromatic hydroxyl groups is 3. The molecule has 0 spiro atoms. The highest BCUT2D eigenvalue weighted by Gasteiger charge is 2.05. The van der Waals surface area contributed by atoms with Crippen molar-refractivity contribution in [1.29, 1.82) is 0 Å². The number of phenols is 3. The molecule has 0 saturated heterocycles. The van der Waals surface area contributed by atoms with Crippen LogP contribution in [-0.4, -0.2) is 48.7 Å². The van der Waals surface area contributed by atoms with Gasteiger partial charge in [-0.05, 0) is 31.2 Å². The number of benzene rings is 2. The third-order valence-electron chi connectivity index (χ3n) is 2.32. The standard InChI is InChI=1S/C7H6O3.C6H6O2.C3H6O3/c8-6-4-2-1-3-5(6)7(9)10;7-5-2-1-3-6(8)4-5;1-2(4)3(5)6/h1-4,8H,(H,9,10);1-4,7-8H;2,4H,1H3,(H,5,6)/t;;2-/m..0/s1. The maximum atomic E-state index is 10.3. The van der Waals surface area contributed by atoms with Gasteiger partial charge >= 0.3 is 11.9 Å². The Morgan fingerprint density at radius 3 is 1.58 bits per heavy atom. The second kappa shape index (κ2) is 10.5. The molecule has 0 aromatic heterocycles.